The summed E-state index contributed by atoms with van der Waals surface area (Å²) in [6.07, 6.45) is 0. The Hall–Kier alpha value is -3.24. The summed E-state index contributed by atoms with van der Waals surface area (Å²) in [4.78, 5) is 22.6. The van der Waals surface area contributed by atoms with Gasteiger partial charge in [0.25, 0.3) is 0 Å². The maximum Gasteiger partial charge on any atom is 0.348 e. The lowest BCUT2D eigenvalue weighted by Crippen LogP contribution is -2.04. The van der Waals surface area contributed by atoms with Crippen molar-refractivity contribution >= 4 is 61.7 Å². The molecule has 0 saturated heterocycles. The molecule has 0 spiro atoms. The van der Waals surface area contributed by atoms with Gasteiger partial charge in [0, 0.05) is 5.39 Å². The first-order valence-corrected chi connectivity index (χ1v) is 11.9. The first kappa shape index (κ1) is 20.7. The zero-order chi connectivity index (χ0) is 22.4. The quantitative estimate of drug-likeness (QED) is 0.298. The minimum atomic E-state index is -0.361. The maximum absolute atomic E-state index is 12.2. The number of aromatic nitrogens is 5. The summed E-state index contributed by atoms with van der Waals surface area (Å²) in [5.74, 6) is 1.04. The number of anilines is 1. The third-order valence-electron chi connectivity index (χ3n) is 5.23. The molecule has 10 heteroatoms. The molecule has 0 radical (unpaired) electrons. The third kappa shape index (κ3) is 3.35. The van der Waals surface area contributed by atoms with Crippen LogP contribution in [0.1, 0.15) is 33.5 Å². The number of rotatable bonds is 5. The van der Waals surface area contributed by atoms with Crippen molar-refractivity contribution in [1.29, 1.82) is 0 Å². The van der Waals surface area contributed by atoms with Crippen molar-refractivity contribution in [2.45, 2.75) is 31.7 Å². The molecule has 32 heavy (non-hydrogen) atoms. The number of nitrogen functional groups attached to an aromatic ring is 1. The number of pyridine rings is 1. The van der Waals surface area contributed by atoms with E-state index in [0.717, 1.165) is 32.8 Å². The van der Waals surface area contributed by atoms with Crippen LogP contribution in [0.3, 0.4) is 0 Å². The van der Waals surface area contributed by atoms with Gasteiger partial charge in [0.05, 0.1) is 23.3 Å². The van der Waals surface area contributed by atoms with E-state index in [-0.39, 0.29) is 5.97 Å². The summed E-state index contributed by atoms with van der Waals surface area (Å²) < 4.78 is 7.19. The molecule has 4 aromatic heterocycles. The Morgan fingerprint density at radius 1 is 1.22 bits per heavy atom. The summed E-state index contributed by atoms with van der Waals surface area (Å²) in [5, 5.41) is 11.3. The van der Waals surface area contributed by atoms with Crippen molar-refractivity contribution in [2.24, 2.45) is 0 Å². The molecule has 1 aromatic carbocycles. The lowest BCUT2D eigenvalue weighted by Gasteiger charge is -2.07. The second kappa shape index (κ2) is 8.03. The van der Waals surface area contributed by atoms with E-state index in [1.807, 2.05) is 29.5 Å². The second-order valence-corrected chi connectivity index (χ2v) is 9.23. The van der Waals surface area contributed by atoms with E-state index >= 15 is 0 Å². The van der Waals surface area contributed by atoms with Crippen LogP contribution in [0.2, 0.25) is 0 Å². The zero-order valence-electron chi connectivity index (χ0n) is 17.7. The largest absolute Gasteiger partial charge is 0.462 e. The Morgan fingerprint density at radius 2 is 2.03 bits per heavy atom. The van der Waals surface area contributed by atoms with Crippen LogP contribution < -0.4 is 5.73 Å². The Morgan fingerprint density at radius 3 is 2.84 bits per heavy atom. The lowest BCUT2D eigenvalue weighted by atomic mass is 10.1. The average molecular weight is 465 g/mol. The monoisotopic (exact) mass is 464 g/mol. The topological polar surface area (TPSA) is 108 Å². The van der Waals surface area contributed by atoms with Crippen LogP contribution in [0.4, 0.5) is 5.82 Å². The van der Waals surface area contributed by atoms with Crippen molar-refractivity contribution in [1.82, 2.24) is 24.6 Å². The number of esters is 1. The second-order valence-electron chi connectivity index (χ2n) is 7.29. The van der Waals surface area contributed by atoms with Crippen LogP contribution in [-0.2, 0) is 10.5 Å². The Kier molecular flexibility index (Phi) is 5.18. The molecule has 0 amide bonds. The van der Waals surface area contributed by atoms with Crippen molar-refractivity contribution in [2.75, 3.05) is 12.3 Å². The van der Waals surface area contributed by atoms with E-state index in [1.165, 1.54) is 23.1 Å². The Labute approximate surface area is 191 Å². The molecule has 5 aromatic rings. The molecular formula is C22H20N6O2S2. The fourth-order valence-corrected chi connectivity index (χ4v) is 5.68. The SMILES string of the molecule is CCOC(=O)c1sc2nc(CSc3nnc4cc(C)c5ccccc5n34)nc(N)c2c1C. The summed E-state index contributed by atoms with van der Waals surface area (Å²) >= 11 is 2.78. The average Bonchev–Trinajstić information content (AvgIpc) is 3.33. The molecule has 0 fully saturated rings. The summed E-state index contributed by atoms with van der Waals surface area (Å²) in [7, 11) is 0. The van der Waals surface area contributed by atoms with Gasteiger partial charge in [-0.25, -0.2) is 14.8 Å². The van der Waals surface area contributed by atoms with E-state index in [2.05, 4.69) is 39.2 Å². The number of thioether (sulfide) groups is 1. The highest BCUT2D eigenvalue weighted by atomic mass is 32.2. The van der Waals surface area contributed by atoms with Crippen LogP contribution in [-0.4, -0.2) is 37.1 Å². The summed E-state index contributed by atoms with van der Waals surface area (Å²) in [6, 6.07) is 10.2. The predicted molar refractivity (Wildman–Crippen MR) is 127 cm³/mol. The molecule has 0 aliphatic rings. The smallest absolute Gasteiger partial charge is 0.348 e. The Balaban J connectivity index is 1.50. The molecule has 2 N–H and O–H groups in total. The van der Waals surface area contributed by atoms with E-state index in [9.17, 15) is 4.79 Å². The number of carbonyl (C=O) groups excluding carboxylic acids is 1. The highest BCUT2D eigenvalue weighted by Crippen LogP contribution is 2.34. The number of carbonyl (C=O) groups is 1. The highest BCUT2D eigenvalue weighted by molar-refractivity contribution is 7.98. The summed E-state index contributed by atoms with van der Waals surface area (Å²) in [6.45, 7) is 6.01. The van der Waals surface area contributed by atoms with E-state index < -0.39 is 0 Å². The van der Waals surface area contributed by atoms with Gasteiger partial charge in [-0.15, -0.1) is 21.5 Å². The number of aryl methyl sites for hydroxylation is 2. The van der Waals surface area contributed by atoms with Gasteiger partial charge >= 0.3 is 5.97 Å². The van der Waals surface area contributed by atoms with E-state index in [0.29, 0.717) is 39.1 Å². The van der Waals surface area contributed by atoms with Crippen LogP contribution in [0.5, 0.6) is 0 Å². The molecular weight excluding hydrogens is 444 g/mol. The number of hydrogen-bond acceptors (Lipinski definition) is 9. The first-order chi connectivity index (χ1) is 15.5. The van der Waals surface area contributed by atoms with Crippen molar-refractivity contribution < 1.29 is 9.53 Å². The Bertz CT molecular complexity index is 1510. The minimum Gasteiger partial charge on any atom is -0.462 e. The van der Waals surface area contributed by atoms with Gasteiger partial charge in [-0.05, 0) is 44.0 Å². The number of para-hydroxylation sites is 1. The number of nitrogens with two attached hydrogens (primary N) is 1. The maximum atomic E-state index is 12.2. The van der Waals surface area contributed by atoms with E-state index in [1.54, 1.807) is 6.92 Å². The zero-order valence-corrected chi connectivity index (χ0v) is 19.4. The molecule has 0 aliphatic heterocycles. The number of benzene rings is 1. The van der Waals surface area contributed by atoms with Gasteiger partial charge in [-0.2, -0.15) is 0 Å². The predicted octanol–water partition coefficient (Wildman–Crippen LogP) is 4.56. The number of nitrogens with zero attached hydrogens (tertiary/aromatic N) is 5. The normalized spacial score (nSPS) is 11.6. The minimum absolute atomic E-state index is 0.316. The molecule has 8 nitrogen and oxygen atoms in total. The highest BCUT2D eigenvalue weighted by Gasteiger charge is 2.21. The fourth-order valence-electron chi connectivity index (χ4n) is 3.77. The van der Waals surface area contributed by atoms with Gasteiger partial charge in [0.2, 0.25) is 0 Å². The van der Waals surface area contributed by atoms with Crippen molar-refractivity contribution in [3.8, 4) is 0 Å². The molecule has 0 saturated carbocycles. The van der Waals surface area contributed by atoms with Crippen molar-refractivity contribution in [3.63, 3.8) is 0 Å². The molecule has 0 aliphatic carbocycles. The fraction of sp³-hybridized carbons (Fsp3) is 0.227. The number of fused-ring (bicyclic) bond motifs is 4. The molecule has 0 atom stereocenters. The van der Waals surface area contributed by atoms with Gasteiger partial charge in [-0.3, -0.25) is 4.40 Å². The number of thiophene rings is 1. The molecule has 4 heterocycles. The number of hydrogen-bond donors (Lipinski definition) is 1. The van der Waals surface area contributed by atoms with Gasteiger partial charge in [0.1, 0.15) is 21.3 Å². The number of ether oxygens (including phenoxy) is 1. The van der Waals surface area contributed by atoms with Crippen LogP contribution in [0.25, 0.3) is 26.8 Å². The summed E-state index contributed by atoms with van der Waals surface area (Å²) in [5.41, 5.74) is 10.0. The van der Waals surface area contributed by atoms with E-state index in [4.69, 9.17) is 10.5 Å². The standard InChI is InChI=1S/C22H20N6O2S2/c1-4-30-21(29)18-12(3)17-19(23)24-15(25-20(17)32-18)10-31-22-27-26-16-9-11(2)13-7-5-6-8-14(13)28(16)22/h5-9H,4,10H2,1-3H3,(H2,23,24,25). The molecule has 162 valence electrons. The first-order valence-electron chi connectivity index (χ1n) is 10.1. The van der Waals surface area contributed by atoms with Crippen LogP contribution >= 0.6 is 23.1 Å². The van der Waals surface area contributed by atoms with Crippen LogP contribution in [0.15, 0.2) is 35.5 Å². The van der Waals surface area contributed by atoms with Gasteiger partial charge < -0.3 is 10.5 Å². The lowest BCUT2D eigenvalue weighted by molar-refractivity contribution is 0.0531. The molecule has 0 bridgehead atoms. The third-order valence-corrected chi connectivity index (χ3v) is 7.32. The van der Waals surface area contributed by atoms with Gasteiger partial charge in [-0.1, -0.05) is 30.0 Å². The van der Waals surface area contributed by atoms with Crippen molar-refractivity contribution in [3.05, 3.63) is 52.2 Å². The molecule has 5 rings (SSSR count). The van der Waals surface area contributed by atoms with Crippen LogP contribution in [0, 0.1) is 13.8 Å². The van der Waals surface area contributed by atoms with Gasteiger partial charge in [0.15, 0.2) is 10.8 Å². The molecule has 0 unspecified atom stereocenters.